The molecule has 1 heterocycles. The Bertz CT molecular complexity index is 539. The molecule has 1 aromatic carbocycles. The molecule has 2 aliphatic rings. The Balaban J connectivity index is 0.00000208. The third kappa shape index (κ3) is 5.77. The van der Waals surface area contributed by atoms with Gasteiger partial charge >= 0.3 is 0 Å². The zero-order valence-electron chi connectivity index (χ0n) is 14.5. The second-order valence-electron chi connectivity index (χ2n) is 6.51. The van der Waals surface area contributed by atoms with Crippen LogP contribution in [-0.2, 0) is 13.1 Å². The first kappa shape index (κ1) is 19.2. The van der Waals surface area contributed by atoms with Gasteiger partial charge in [-0.05, 0) is 49.9 Å². The molecule has 1 aromatic rings. The highest BCUT2D eigenvalue weighted by Crippen LogP contribution is 2.13. The average Bonchev–Trinajstić information content (AvgIpc) is 3.26. The van der Waals surface area contributed by atoms with Crippen LogP contribution in [0.1, 0.15) is 36.8 Å². The summed E-state index contributed by atoms with van der Waals surface area (Å²) in [6, 6.07) is 9.45. The molecule has 0 atom stereocenters. The summed E-state index contributed by atoms with van der Waals surface area (Å²) in [7, 11) is 1.83. The van der Waals surface area contributed by atoms with Gasteiger partial charge in [-0.3, -0.25) is 9.89 Å². The van der Waals surface area contributed by atoms with Gasteiger partial charge in [0.15, 0.2) is 5.96 Å². The number of halogens is 1. The van der Waals surface area contributed by atoms with E-state index in [9.17, 15) is 0 Å². The third-order valence-electron chi connectivity index (χ3n) is 4.66. The number of nitrogens with one attached hydrogen (secondary N) is 2. The van der Waals surface area contributed by atoms with E-state index in [4.69, 9.17) is 0 Å². The second-order valence-corrected chi connectivity index (χ2v) is 6.51. The van der Waals surface area contributed by atoms with Crippen molar-refractivity contribution in [3.8, 4) is 0 Å². The molecule has 0 spiro atoms. The Morgan fingerprint density at radius 2 is 1.71 bits per heavy atom. The first-order valence-corrected chi connectivity index (χ1v) is 8.76. The second kappa shape index (κ2) is 10.0. The molecule has 1 fully saturated rings. The molecule has 24 heavy (non-hydrogen) atoms. The molecule has 0 unspecified atom stereocenters. The molecule has 0 aromatic heterocycles. The van der Waals surface area contributed by atoms with Crippen LogP contribution in [0.25, 0.3) is 0 Å². The number of rotatable bonds is 5. The summed E-state index contributed by atoms with van der Waals surface area (Å²) < 4.78 is 0. The van der Waals surface area contributed by atoms with Gasteiger partial charge in [-0.2, -0.15) is 0 Å². The summed E-state index contributed by atoms with van der Waals surface area (Å²) in [5.74, 6) is 0.889. The van der Waals surface area contributed by atoms with E-state index in [2.05, 4.69) is 56.9 Å². The summed E-state index contributed by atoms with van der Waals surface area (Å²) in [4.78, 5) is 6.85. The van der Waals surface area contributed by atoms with Gasteiger partial charge < -0.3 is 10.6 Å². The normalized spacial score (nSPS) is 18.6. The Kier molecular flexibility index (Phi) is 8.05. The summed E-state index contributed by atoms with van der Waals surface area (Å²) in [6.45, 7) is 4.40. The topological polar surface area (TPSA) is 39.7 Å². The van der Waals surface area contributed by atoms with Crippen molar-refractivity contribution in [3.05, 3.63) is 47.5 Å². The SMILES string of the molecule is CN=C(NCc1ccc(CN2CCCC2)cc1)NC1CC=CC1.I. The molecule has 0 bridgehead atoms. The van der Waals surface area contributed by atoms with Crippen LogP contribution in [0, 0.1) is 0 Å². The molecule has 132 valence electrons. The van der Waals surface area contributed by atoms with Gasteiger partial charge in [0, 0.05) is 26.2 Å². The predicted molar refractivity (Wildman–Crippen MR) is 112 cm³/mol. The quantitative estimate of drug-likeness (QED) is 0.320. The van der Waals surface area contributed by atoms with Crippen LogP contribution in [0.3, 0.4) is 0 Å². The number of hydrogen-bond donors (Lipinski definition) is 2. The summed E-state index contributed by atoms with van der Waals surface area (Å²) in [5, 5.41) is 6.87. The Morgan fingerprint density at radius 1 is 1.08 bits per heavy atom. The molecule has 2 N–H and O–H groups in total. The van der Waals surface area contributed by atoms with Gasteiger partial charge in [0.2, 0.25) is 0 Å². The van der Waals surface area contributed by atoms with Gasteiger partial charge in [0.25, 0.3) is 0 Å². The van der Waals surface area contributed by atoms with Crippen LogP contribution in [0.5, 0.6) is 0 Å². The van der Waals surface area contributed by atoms with Crippen molar-refractivity contribution in [2.24, 2.45) is 4.99 Å². The number of nitrogens with zero attached hydrogens (tertiary/aromatic N) is 2. The minimum Gasteiger partial charge on any atom is -0.353 e. The lowest BCUT2D eigenvalue weighted by molar-refractivity contribution is 0.331. The highest BCUT2D eigenvalue weighted by Gasteiger charge is 2.12. The first-order valence-electron chi connectivity index (χ1n) is 8.76. The van der Waals surface area contributed by atoms with Crippen LogP contribution >= 0.6 is 24.0 Å². The smallest absolute Gasteiger partial charge is 0.191 e. The number of guanidine groups is 1. The minimum atomic E-state index is 0. The van der Waals surface area contributed by atoms with E-state index in [1.54, 1.807) is 0 Å². The standard InChI is InChI=1S/C19H28N4.HI/c1-20-19(22-18-6-2-3-7-18)21-14-16-8-10-17(11-9-16)15-23-12-4-5-13-23;/h2-3,8-11,18H,4-7,12-15H2,1H3,(H2,20,21,22);1H. The van der Waals surface area contributed by atoms with Crippen LogP contribution in [0.2, 0.25) is 0 Å². The van der Waals surface area contributed by atoms with Gasteiger partial charge in [-0.1, -0.05) is 36.4 Å². The van der Waals surface area contributed by atoms with Crippen molar-refractivity contribution in [1.82, 2.24) is 15.5 Å². The molecular weight excluding hydrogens is 411 g/mol. The van der Waals surface area contributed by atoms with E-state index in [1.807, 2.05) is 7.05 Å². The molecule has 4 nitrogen and oxygen atoms in total. The van der Waals surface area contributed by atoms with Crippen molar-refractivity contribution in [2.45, 2.75) is 44.8 Å². The number of aliphatic imine (C=N–C) groups is 1. The molecule has 0 saturated carbocycles. The summed E-state index contributed by atoms with van der Waals surface area (Å²) >= 11 is 0. The molecule has 3 rings (SSSR count). The molecule has 1 saturated heterocycles. The van der Waals surface area contributed by atoms with Crippen LogP contribution in [0.4, 0.5) is 0 Å². The number of benzene rings is 1. The Labute approximate surface area is 162 Å². The largest absolute Gasteiger partial charge is 0.353 e. The van der Waals surface area contributed by atoms with Gasteiger partial charge in [-0.15, -0.1) is 24.0 Å². The molecule has 0 amide bonds. The fraction of sp³-hybridized carbons (Fsp3) is 0.526. The highest BCUT2D eigenvalue weighted by atomic mass is 127. The lowest BCUT2D eigenvalue weighted by atomic mass is 10.1. The van der Waals surface area contributed by atoms with Crippen LogP contribution < -0.4 is 10.6 Å². The van der Waals surface area contributed by atoms with Crippen molar-refractivity contribution in [3.63, 3.8) is 0 Å². The van der Waals surface area contributed by atoms with Crippen molar-refractivity contribution in [2.75, 3.05) is 20.1 Å². The summed E-state index contributed by atoms with van der Waals surface area (Å²) in [6.07, 6.45) is 9.33. The maximum absolute atomic E-state index is 4.31. The molecule has 1 aliphatic heterocycles. The van der Waals surface area contributed by atoms with Crippen molar-refractivity contribution in [1.29, 1.82) is 0 Å². The highest BCUT2D eigenvalue weighted by molar-refractivity contribution is 14.0. The zero-order valence-corrected chi connectivity index (χ0v) is 16.8. The first-order chi connectivity index (χ1) is 11.3. The lowest BCUT2D eigenvalue weighted by Gasteiger charge is -2.17. The average molecular weight is 440 g/mol. The Morgan fingerprint density at radius 3 is 2.33 bits per heavy atom. The number of likely N-dealkylation sites (tertiary alicyclic amines) is 1. The van der Waals surface area contributed by atoms with E-state index >= 15 is 0 Å². The van der Waals surface area contributed by atoms with Crippen LogP contribution in [0.15, 0.2) is 41.4 Å². The van der Waals surface area contributed by atoms with Gasteiger partial charge in [0.05, 0.1) is 0 Å². The molecule has 5 heteroatoms. The monoisotopic (exact) mass is 440 g/mol. The van der Waals surface area contributed by atoms with E-state index in [1.165, 1.54) is 37.1 Å². The van der Waals surface area contributed by atoms with Crippen LogP contribution in [-0.4, -0.2) is 37.0 Å². The van der Waals surface area contributed by atoms with Crippen molar-refractivity contribution < 1.29 is 0 Å². The minimum absolute atomic E-state index is 0. The van der Waals surface area contributed by atoms with E-state index in [0.717, 1.165) is 31.9 Å². The zero-order chi connectivity index (χ0) is 15.9. The summed E-state index contributed by atoms with van der Waals surface area (Å²) in [5.41, 5.74) is 2.71. The predicted octanol–water partition coefficient (Wildman–Crippen LogP) is 3.28. The fourth-order valence-electron chi connectivity index (χ4n) is 3.27. The number of hydrogen-bond acceptors (Lipinski definition) is 2. The van der Waals surface area contributed by atoms with E-state index in [-0.39, 0.29) is 24.0 Å². The maximum atomic E-state index is 4.31. The van der Waals surface area contributed by atoms with E-state index in [0.29, 0.717) is 6.04 Å². The Hall–Kier alpha value is -1.08. The van der Waals surface area contributed by atoms with Gasteiger partial charge in [0.1, 0.15) is 0 Å². The van der Waals surface area contributed by atoms with Crippen molar-refractivity contribution >= 4 is 29.9 Å². The van der Waals surface area contributed by atoms with E-state index < -0.39 is 0 Å². The van der Waals surface area contributed by atoms with Gasteiger partial charge in [-0.25, -0.2) is 0 Å². The molecular formula is C19H29IN4. The molecule has 1 aliphatic carbocycles. The molecule has 0 radical (unpaired) electrons. The lowest BCUT2D eigenvalue weighted by Crippen LogP contribution is -2.42. The maximum Gasteiger partial charge on any atom is 0.191 e. The third-order valence-corrected chi connectivity index (χ3v) is 4.66. The fourth-order valence-corrected chi connectivity index (χ4v) is 3.27.